The zero-order chi connectivity index (χ0) is 26.2. The van der Waals surface area contributed by atoms with E-state index >= 15 is 0 Å². The Hall–Kier alpha value is -3.99. The van der Waals surface area contributed by atoms with E-state index in [1.165, 1.54) is 7.11 Å². The van der Waals surface area contributed by atoms with E-state index in [2.05, 4.69) is 28.2 Å². The van der Waals surface area contributed by atoms with Crippen LogP contribution in [0.15, 0.2) is 54.7 Å². The van der Waals surface area contributed by atoms with Gasteiger partial charge in [0, 0.05) is 23.5 Å². The van der Waals surface area contributed by atoms with Crippen LogP contribution >= 0.6 is 12.6 Å². The quantitative estimate of drug-likeness (QED) is 0.202. The molecule has 5 N–H and O–H groups in total. The molecule has 0 fully saturated rings. The van der Waals surface area contributed by atoms with Crippen molar-refractivity contribution >= 4 is 47.3 Å². The van der Waals surface area contributed by atoms with Gasteiger partial charge in [0.05, 0.1) is 18.8 Å². The summed E-state index contributed by atoms with van der Waals surface area (Å²) in [5.41, 5.74) is 2.28. The lowest BCUT2D eigenvalue weighted by molar-refractivity contribution is -0.143. The molecule has 3 atom stereocenters. The summed E-state index contributed by atoms with van der Waals surface area (Å²) < 4.78 is 5.10. The topological polar surface area (TPSA) is 158 Å². The number of hydrogen-bond donors (Lipinski definition) is 6. The maximum Gasteiger partial charge on any atom is 0.326 e. The first-order valence-corrected chi connectivity index (χ1v) is 11.6. The van der Waals surface area contributed by atoms with E-state index in [9.17, 15) is 29.4 Å². The molecule has 0 unspecified atom stereocenters. The van der Waals surface area contributed by atoms with Crippen LogP contribution in [0.1, 0.15) is 17.5 Å². The number of hydrogen-bond acceptors (Lipinski definition) is 6. The third kappa shape index (κ3) is 7.01. The lowest BCUT2D eigenvalue weighted by Gasteiger charge is -2.22. The van der Waals surface area contributed by atoms with Crippen molar-refractivity contribution in [2.45, 2.75) is 36.6 Å². The van der Waals surface area contributed by atoms with E-state index in [0.29, 0.717) is 11.3 Å². The number of aromatic nitrogens is 1. The second-order valence-corrected chi connectivity index (χ2v) is 8.81. The molecule has 1 heterocycles. The number of para-hydroxylation sites is 1. The van der Waals surface area contributed by atoms with E-state index in [0.717, 1.165) is 16.5 Å². The minimum atomic E-state index is -1.48. The summed E-state index contributed by atoms with van der Waals surface area (Å²) in [7, 11) is 1.53. The molecule has 0 saturated carbocycles. The fraction of sp³-hybridized carbons (Fsp3) is 0.280. The molecule has 11 heteroatoms. The molecule has 0 radical (unpaired) electrons. The Labute approximate surface area is 212 Å². The van der Waals surface area contributed by atoms with Crippen molar-refractivity contribution in [2.75, 3.05) is 7.11 Å². The van der Waals surface area contributed by atoms with Gasteiger partial charge in [0.1, 0.15) is 17.8 Å². The van der Waals surface area contributed by atoms with Gasteiger partial charge in [0.2, 0.25) is 11.8 Å². The molecule has 0 spiro atoms. The normalized spacial score (nSPS) is 13.4. The number of thiol groups is 1. The van der Waals surface area contributed by atoms with Crippen molar-refractivity contribution < 1.29 is 34.1 Å². The summed E-state index contributed by atoms with van der Waals surface area (Å²) in [6, 6.07) is 11.5. The number of methoxy groups -OCH3 is 1. The number of H-pyrrole nitrogens is 1. The molecule has 0 saturated heterocycles. The van der Waals surface area contributed by atoms with Crippen molar-refractivity contribution in [1.82, 2.24) is 15.6 Å². The Kier molecular flexibility index (Phi) is 8.96. The minimum absolute atomic E-state index is 0.0362. The highest BCUT2D eigenvalue weighted by atomic mass is 32.1. The number of rotatable bonds is 12. The molecule has 2 amide bonds. The van der Waals surface area contributed by atoms with Crippen molar-refractivity contribution in [1.29, 1.82) is 0 Å². The number of ether oxygens (including phenoxy) is 1. The average molecular weight is 514 g/mol. The summed E-state index contributed by atoms with van der Waals surface area (Å²) in [6.45, 7) is 0. The van der Waals surface area contributed by atoms with Gasteiger partial charge in [-0.1, -0.05) is 30.3 Å². The third-order valence-electron chi connectivity index (χ3n) is 5.62. The van der Waals surface area contributed by atoms with Gasteiger partial charge in [0.15, 0.2) is 0 Å². The molecule has 2 aromatic carbocycles. The van der Waals surface area contributed by atoms with Crippen LogP contribution in [-0.2, 0) is 32.0 Å². The van der Waals surface area contributed by atoms with Crippen LogP contribution < -0.4 is 15.4 Å². The molecule has 0 aliphatic heterocycles. The van der Waals surface area contributed by atoms with Crippen molar-refractivity contribution in [3.63, 3.8) is 0 Å². The Morgan fingerprint density at radius 2 is 1.61 bits per heavy atom. The van der Waals surface area contributed by atoms with Gasteiger partial charge in [-0.25, -0.2) is 4.79 Å². The molecular weight excluding hydrogens is 486 g/mol. The summed E-state index contributed by atoms with van der Waals surface area (Å²) in [5.74, 6) is -3.54. The number of nitrogens with one attached hydrogen (secondary N) is 3. The minimum Gasteiger partial charge on any atom is -0.497 e. The van der Waals surface area contributed by atoms with Crippen LogP contribution in [0.5, 0.6) is 5.75 Å². The highest BCUT2D eigenvalue weighted by Gasteiger charge is 2.30. The van der Waals surface area contributed by atoms with Crippen LogP contribution in [0.3, 0.4) is 0 Å². The van der Waals surface area contributed by atoms with Gasteiger partial charge in [-0.3, -0.25) is 14.4 Å². The summed E-state index contributed by atoms with van der Waals surface area (Å²) >= 11 is 4.29. The van der Waals surface area contributed by atoms with Crippen molar-refractivity contribution in [3.8, 4) is 5.75 Å². The molecule has 3 aromatic rings. The van der Waals surface area contributed by atoms with E-state index in [1.54, 1.807) is 30.5 Å². The largest absolute Gasteiger partial charge is 0.497 e. The lowest BCUT2D eigenvalue weighted by atomic mass is 10.0. The first-order valence-electron chi connectivity index (χ1n) is 11.1. The number of carbonyl (C=O) groups is 4. The third-order valence-corrected chi connectivity index (χ3v) is 6.03. The first kappa shape index (κ1) is 26.6. The zero-order valence-corrected chi connectivity index (χ0v) is 20.3. The molecule has 36 heavy (non-hydrogen) atoms. The number of benzene rings is 2. The van der Waals surface area contributed by atoms with Crippen LogP contribution in [0, 0.1) is 0 Å². The monoisotopic (exact) mass is 513 g/mol. The second kappa shape index (κ2) is 12.1. The Morgan fingerprint density at radius 3 is 2.25 bits per heavy atom. The van der Waals surface area contributed by atoms with E-state index in [1.807, 2.05) is 24.3 Å². The van der Waals surface area contributed by atoms with Crippen molar-refractivity contribution in [2.24, 2.45) is 0 Å². The van der Waals surface area contributed by atoms with E-state index < -0.39 is 47.5 Å². The highest BCUT2D eigenvalue weighted by molar-refractivity contribution is 7.81. The molecule has 0 aliphatic rings. The lowest BCUT2D eigenvalue weighted by Crippen LogP contribution is -2.54. The Morgan fingerprint density at radius 1 is 0.944 bits per heavy atom. The number of carboxylic acids is 2. The number of carboxylic acid groups (broad SMARTS) is 2. The zero-order valence-electron chi connectivity index (χ0n) is 19.4. The second-order valence-electron chi connectivity index (χ2n) is 8.19. The standard InChI is InChI=1S/C25H27N3O7S/c1-35-16-8-6-14(7-9-16)10-21(36)24(32)27-19(12-22(29)30)23(31)28-20(25(33)34)11-15-13-26-18-5-3-2-4-17(15)18/h2-9,13,19-21,26,36H,10-12H2,1H3,(H,27,32)(H,28,31)(H,29,30)(H,33,34)/t19-,20-,21-/m0/s1. The van der Waals surface area contributed by atoms with Crippen LogP contribution in [0.4, 0.5) is 0 Å². The Balaban J connectivity index is 1.67. The van der Waals surface area contributed by atoms with Crippen LogP contribution in [0.2, 0.25) is 0 Å². The Bertz CT molecular complexity index is 1240. The van der Waals surface area contributed by atoms with Crippen molar-refractivity contribution in [3.05, 3.63) is 65.9 Å². The molecule has 10 nitrogen and oxygen atoms in total. The van der Waals surface area contributed by atoms with Gasteiger partial charge in [0.25, 0.3) is 0 Å². The van der Waals surface area contributed by atoms with Gasteiger partial charge < -0.3 is 30.6 Å². The molecule has 3 rings (SSSR count). The van der Waals surface area contributed by atoms with E-state index in [4.69, 9.17) is 4.74 Å². The van der Waals surface area contributed by atoms with Gasteiger partial charge >= 0.3 is 11.9 Å². The average Bonchev–Trinajstić information content (AvgIpc) is 3.26. The molecule has 190 valence electrons. The number of aliphatic carboxylic acids is 2. The SMILES string of the molecule is COc1ccc(C[C@H](S)C(=O)N[C@@H](CC(=O)O)C(=O)N[C@@H](Cc2c[nH]c3ccccc23)C(=O)O)cc1. The summed E-state index contributed by atoms with van der Waals surface area (Å²) in [4.78, 5) is 51.8. The smallest absolute Gasteiger partial charge is 0.326 e. The van der Waals surface area contributed by atoms with Crippen LogP contribution in [-0.4, -0.2) is 63.4 Å². The molecule has 0 bridgehead atoms. The molecule has 1 aromatic heterocycles. The van der Waals surface area contributed by atoms with Gasteiger partial charge in [-0.2, -0.15) is 12.6 Å². The van der Waals surface area contributed by atoms with Gasteiger partial charge in [-0.15, -0.1) is 0 Å². The fourth-order valence-electron chi connectivity index (χ4n) is 3.72. The van der Waals surface area contributed by atoms with E-state index in [-0.39, 0.29) is 12.8 Å². The number of amides is 2. The maximum atomic E-state index is 12.9. The maximum absolute atomic E-state index is 12.9. The van der Waals surface area contributed by atoms with Gasteiger partial charge in [-0.05, 0) is 35.7 Å². The predicted octanol–water partition coefficient (Wildman–Crippen LogP) is 1.79. The number of carbonyl (C=O) groups excluding carboxylic acids is 2. The van der Waals surface area contributed by atoms with Crippen LogP contribution in [0.25, 0.3) is 10.9 Å². The summed E-state index contributed by atoms with van der Waals surface area (Å²) in [5, 5.41) is 23.6. The fourth-order valence-corrected chi connectivity index (χ4v) is 4.01. The first-order chi connectivity index (χ1) is 17.2. The summed E-state index contributed by atoms with van der Waals surface area (Å²) in [6.07, 6.45) is 1.12. The number of aromatic amines is 1. The number of fused-ring (bicyclic) bond motifs is 1. The highest BCUT2D eigenvalue weighted by Crippen LogP contribution is 2.19. The molecule has 0 aliphatic carbocycles. The molecular formula is C25H27N3O7S. The predicted molar refractivity (Wildman–Crippen MR) is 135 cm³/mol.